The molecule has 0 aromatic heterocycles. The van der Waals surface area contributed by atoms with Crippen molar-refractivity contribution in [3.8, 4) is 28.7 Å². The van der Waals surface area contributed by atoms with Gasteiger partial charge in [0.15, 0.2) is 17.6 Å². The molecule has 0 saturated heterocycles. The van der Waals surface area contributed by atoms with Crippen molar-refractivity contribution >= 4 is 12.3 Å². The van der Waals surface area contributed by atoms with Crippen LogP contribution in [0, 0.1) is 0 Å². The maximum Gasteiger partial charge on any atom is 0.203 e. The lowest BCUT2D eigenvalue weighted by Gasteiger charge is -2.27. The summed E-state index contributed by atoms with van der Waals surface area (Å²) in [4.78, 5) is 0. The topological polar surface area (TPSA) is 78.7 Å². The fourth-order valence-corrected chi connectivity index (χ4v) is 3.00. The van der Waals surface area contributed by atoms with Crippen LogP contribution in [0.5, 0.6) is 28.7 Å². The molecule has 1 atom stereocenters. The van der Waals surface area contributed by atoms with E-state index in [2.05, 4.69) is 5.16 Å². The fourth-order valence-electron chi connectivity index (χ4n) is 3.00. The summed E-state index contributed by atoms with van der Waals surface area (Å²) in [5.74, 6) is 2.84. The lowest BCUT2D eigenvalue weighted by Crippen LogP contribution is -2.16. The summed E-state index contributed by atoms with van der Waals surface area (Å²) in [5, 5.41) is 12.3. The number of nitrogens with zero attached hydrogens (tertiary/aromatic N) is 1. The maximum absolute atomic E-state index is 9.08. The standard InChI is InChI=1S/C20H21NO6/c1-23-15-6-5-12-7-14(11-21-22)19(27-16(12)10-15)13-8-17(24-2)20(26-4)18(9-13)25-3/h5-11,19,22H,1-4H3/b21-11+. The zero-order valence-corrected chi connectivity index (χ0v) is 15.6. The predicted octanol–water partition coefficient (Wildman–Crippen LogP) is 3.70. The molecule has 2 aromatic rings. The van der Waals surface area contributed by atoms with Crippen LogP contribution >= 0.6 is 0 Å². The second-order valence-electron chi connectivity index (χ2n) is 5.75. The highest BCUT2D eigenvalue weighted by atomic mass is 16.5. The lowest BCUT2D eigenvalue weighted by molar-refractivity contribution is 0.240. The molecule has 0 aliphatic carbocycles. The van der Waals surface area contributed by atoms with Gasteiger partial charge in [0.2, 0.25) is 5.75 Å². The van der Waals surface area contributed by atoms with Gasteiger partial charge in [-0.25, -0.2) is 0 Å². The molecule has 0 bridgehead atoms. The summed E-state index contributed by atoms with van der Waals surface area (Å²) >= 11 is 0. The SMILES string of the molecule is COc1ccc2c(c1)OC(c1cc(OC)c(OC)c(OC)c1)C(/C=N/O)=C2. The average Bonchev–Trinajstić information content (AvgIpc) is 2.71. The smallest absolute Gasteiger partial charge is 0.203 e. The molecule has 2 aromatic carbocycles. The monoisotopic (exact) mass is 371 g/mol. The summed E-state index contributed by atoms with van der Waals surface area (Å²) in [6.07, 6.45) is 2.71. The second-order valence-corrected chi connectivity index (χ2v) is 5.75. The number of rotatable bonds is 6. The Kier molecular flexibility index (Phi) is 5.40. The normalized spacial score (nSPS) is 15.6. The average molecular weight is 371 g/mol. The molecule has 0 spiro atoms. The molecule has 1 aliphatic rings. The van der Waals surface area contributed by atoms with E-state index >= 15 is 0 Å². The van der Waals surface area contributed by atoms with Crippen LogP contribution in [-0.4, -0.2) is 39.9 Å². The van der Waals surface area contributed by atoms with Crippen LogP contribution < -0.4 is 23.7 Å². The summed E-state index contributed by atoms with van der Waals surface area (Å²) in [6, 6.07) is 9.13. The van der Waals surface area contributed by atoms with Crippen molar-refractivity contribution in [2.24, 2.45) is 5.16 Å². The van der Waals surface area contributed by atoms with Gasteiger partial charge in [-0.3, -0.25) is 0 Å². The minimum absolute atomic E-state index is 0.489. The Bertz CT molecular complexity index is 865. The number of hydrogen-bond acceptors (Lipinski definition) is 7. The summed E-state index contributed by atoms with van der Waals surface area (Å²) in [6.45, 7) is 0. The highest BCUT2D eigenvalue weighted by molar-refractivity contribution is 5.89. The zero-order chi connectivity index (χ0) is 19.4. The third-order valence-corrected chi connectivity index (χ3v) is 4.29. The van der Waals surface area contributed by atoms with E-state index in [4.69, 9.17) is 28.9 Å². The van der Waals surface area contributed by atoms with Gasteiger partial charge in [-0.05, 0) is 30.3 Å². The van der Waals surface area contributed by atoms with Crippen LogP contribution in [0.2, 0.25) is 0 Å². The van der Waals surface area contributed by atoms with E-state index in [0.717, 1.165) is 11.1 Å². The van der Waals surface area contributed by atoms with Gasteiger partial charge in [0.1, 0.15) is 11.5 Å². The lowest BCUT2D eigenvalue weighted by atomic mass is 9.96. The van der Waals surface area contributed by atoms with Crippen LogP contribution in [0.1, 0.15) is 17.2 Å². The summed E-state index contributed by atoms with van der Waals surface area (Å²) in [5.41, 5.74) is 2.28. The van der Waals surface area contributed by atoms with Crippen molar-refractivity contribution in [3.63, 3.8) is 0 Å². The number of hydrogen-bond donors (Lipinski definition) is 1. The van der Waals surface area contributed by atoms with E-state index in [1.165, 1.54) is 6.21 Å². The Morgan fingerprint density at radius 2 is 1.67 bits per heavy atom. The first-order chi connectivity index (χ1) is 13.1. The molecule has 0 saturated carbocycles. The van der Waals surface area contributed by atoms with Gasteiger partial charge in [0.25, 0.3) is 0 Å². The number of fused-ring (bicyclic) bond motifs is 1. The number of ether oxygens (including phenoxy) is 5. The first-order valence-corrected chi connectivity index (χ1v) is 8.18. The van der Waals surface area contributed by atoms with Crippen LogP contribution in [0.4, 0.5) is 0 Å². The molecule has 1 unspecified atom stereocenters. The quantitative estimate of drug-likeness (QED) is 0.474. The molecular formula is C20H21NO6. The van der Waals surface area contributed by atoms with Gasteiger partial charge in [-0.2, -0.15) is 0 Å². The number of methoxy groups -OCH3 is 4. The van der Waals surface area contributed by atoms with E-state index < -0.39 is 6.10 Å². The molecule has 1 aliphatic heterocycles. The van der Waals surface area contributed by atoms with Gasteiger partial charge in [0, 0.05) is 22.8 Å². The molecule has 142 valence electrons. The third kappa shape index (κ3) is 3.48. The Balaban J connectivity index is 2.12. The molecular weight excluding hydrogens is 350 g/mol. The maximum atomic E-state index is 9.08. The minimum atomic E-state index is -0.533. The van der Waals surface area contributed by atoms with Gasteiger partial charge < -0.3 is 28.9 Å². The molecule has 7 nitrogen and oxygen atoms in total. The van der Waals surface area contributed by atoms with E-state index in [-0.39, 0.29) is 0 Å². The molecule has 27 heavy (non-hydrogen) atoms. The number of oxime groups is 1. The van der Waals surface area contributed by atoms with Crippen LogP contribution in [0.3, 0.4) is 0 Å². The zero-order valence-electron chi connectivity index (χ0n) is 15.6. The van der Waals surface area contributed by atoms with Crippen LogP contribution in [0.25, 0.3) is 6.08 Å². The predicted molar refractivity (Wildman–Crippen MR) is 101 cm³/mol. The van der Waals surface area contributed by atoms with Crippen molar-refractivity contribution < 1.29 is 28.9 Å². The van der Waals surface area contributed by atoms with Gasteiger partial charge in [0.05, 0.1) is 34.7 Å². The van der Waals surface area contributed by atoms with Gasteiger partial charge >= 0.3 is 0 Å². The fraction of sp³-hybridized carbons (Fsp3) is 0.250. The van der Waals surface area contributed by atoms with Crippen LogP contribution in [0.15, 0.2) is 41.1 Å². The second kappa shape index (κ2) is 7.90. The van der Waals surface area contributed by atoms with E-state index in [9.17, 15) is 0 Å². The third-order valence-electron chi connectivity index (χ3n) is 4.29. The van der Waals surface area contributed by atoms with E-state index in [0.29, 0.717) is 34.3 Å². The summed E-state index contributed by atoms with van der Waals surface area (Å²) < 4.78 is 27.7. The first-order valence-electron chi connectivity index (χ1n) is 8.18. The van der Waals surface area contributed by atoms with E-state index in [1.807, 2.05) is 24.3 Å². The van der Waals surface area contributed by atoms with Crippen LogP contribution in [-0.2, 0) is 0 Å². The van der Waals surface area contributed by atoms with Crippen molar-refractivity contribution in [1.29, 1.82) is 0 Å². The van der Waals surface area contributed by atoms with Gasteiger partial charge in [-0.15, -0.1) is 0 Å². The summed E-state index contributed by atoms with van der Waals surface area (Å²) in [7, 11) is 6.24. The Morgan fingerprint density at radius 1 is 0.963 bits per heavy atom. The van der Waals surface area contributed by atoms with Gasteiger partial charge in [-0.1, -0.05) is 5.16 Å². The molecule has 7 heteroatoms. The van der Waals surface area contributed by atoms with Crippen molar-refractivity contribution in [1.82, 2.24) is 0 Å². The van der Waals surface area contributed by atoms with E-state index in [1.54, 1.807) is 40.6 Å². The molecule has 1 heterocycles. The Morgan fingerprint density at radius 3 is 2.22 bits per heavy atom. The molecule has 1 N–H and O–H groups in total. The van der Waals surface area contributed by atoms with Crippen molar-refractivity contribution in [2.45, 2.75) is 6.10 Å². The Hall–Kier alpha value is -3.35. The number of benzene rings is 2. The minimum Gasteiger partial charge on any atom is -0.497 e. The first kappa shape index (κ1) is 18.4. The van der Waals surface area contributed by atoms with Crippen molar-refractivity contribution in [3.05, 3.63) is 47.0 Å². The molecule has 0 fully saturated rings. The molecule has 3 rings (SSSR count). The highest BCUT2D eigenvalue weighted by Gasteiger charge is 2.27. The van der Waals surface area contributed by atoms with Crippen molar-refractivity contribution in [2.75, 3.05) is 28.4 Å². The Labute approximate surface area is 157 Å². The molecule has 0 amide bonds. The highest BCUT2D eigenvalue weighted by Crippen LogP contribution is 2.44. The molecule has 0 radical (unpaired) electrons. The largest absolute Gasteiger partial charge is 0.497 e.